The summed E-state index contributed by atoms with van der Waals surface area (Å²) in [4.78, 5) is 27.1. The number of benzene rings is 2. The van der Waals surface area contributed by atoms with E-state index in [4.69, 9.17) is 19.9 Å². The molecule has 1 aliphatic heterocycles. The number of carbonyl (C=O) groups is 2. The Morgan fingerprint density at radius 2 is 1.84 bits per heavy atom. The van der Waals surface area contributed by atoms with Crippen molar-refractivity contribution in [2.45, 2.75) is 75.8 Å². The molecule has 2 aromatic carbocycles. The van der Waals surface area contributed by atoms with Gasteiger partial charge >= 0.3 is 0 Å². The molecule has 198 valence electrons. The fraction of sp³-hybridized carbons (Fsp3) is 0.481. The number of phenols is 2. The van der Waals surface area contributed by atoms with Crippen LogP contribution in [0.2, 0.25) is 0 Å². The molecule has 0 aromatic heterocycles. The third kappa shape index (κ3) is 3.91. The normalized spacial score (nSPS) is 30.9. The number of aromatic hydroxyl groups is 2. The van der Waals surface area contributed by atoms with E-state index in [1.54, 1.807) is 19.9 Å². The van der Waals surface area contributed by atoms with Crippen LogP contribution in [0.5, 0.6) is 17.2 Å². The third-order valence-corrected chi connectivity index (χ3v) is 7.88. The highest BCUT2D eigenvalue weighted by molar-refractivity contribution is 6.31. The van der Waals surface area contributed by atoms with Crippen LogP contribution in [0.1, 0.15) is 82.2 Å². The minimum atomic E-state index is -1.32. The highest BCUT2D eigenvalue weighted by Crippen LogP contribution is 2.52. The minimum absolute atomic E-state index is 0.000101. The summed E-state index contributed by atoms with van der Waals surface area (Å²) in [5, 5.41) is 44.3. The van der Waals surface area contributed by atoms with Crippen molar-refractivity contribution in [3.8, 4) is 17.2 Å². The van der Waals surface area contributed by atoms with Gasteiger partial charge in [0.25, 0.3) is 0 Å². The van der Waals surface area contributed by atoms with Gasteiger partial charge in [-0.15, -0.1) is 0 Å². The van der Waals surface area contributed by atoms with Crippen molar-refractivity contribution < 1.29 is 44.2 Å². The Morgan fingerprint density at radius 3 is 2.49 bits per heavy atom. The second kappa shape index (κ2) is 9.07. The summed E-state index contributed by atoms with van der Waals surface area (Å²) in [5.41, 5.74) is 4.39. The van der Waals surface area contributed by atoms with Crippen molar-refractivity contribution >= 4 is 11.6 Å². The molecule has 5 rings (SSSR count). The van der Waals surface area contributed by atoms with Gasteiger partial charge in [0.1, 0.15) is 17.2 Å². The van der Waals surface area contributed by atoms with Crippen LogP contribution in [0, 0.1) is 0 Å². The Labute approximate surface area is 213 Å². The minimum Gasteiger partial charge on any atom is -0.507 e. The van der Waals surface area contributed by atoms with Crippen molar-refractivity contribution in [1.29, 1.82) is 0 Å². The van der Waals surface area contributed by atoms with Crippen molar-refractivity contribution in [2.75, 3.05) is 7.11 Å². The van der Waals surface area contributed by atoms with Gasteiger partial charge in [-0.1, -0.05) is 19.1 Å². The van der Waals surface area contributed by atoms with Gasteiger partial charge in [-0.05, 0) is 19.4 Å². The number of hydrogen-bond donors (Lipinski definition) is 5. The maximum Gasteiger partial charge on any atom is 0.202 e. The molecule has 6 atom stereocenters. The van der Waals surface area contributed by atoms with E-state index < -0.39 is 59.3 Å². The first-order valence-corrected chi connectivity index (χ1v) is 12.3. The first kappa shape index (κ1) is 25.6. The number of fused-ring (bicyclic) bond motifs is 3. The fourth-order valence-electron chi connectivity index (χ4n) is 5.74. The van der Waals surface area contributed by atoms with Crippen LogP contribution in [-0.2, 0) is 15.9 Å². The van der Waals surface area contributed by atoms with Crippen LogP contribution in [0.4, 0.5) is 0 Å². The van der Waals surface area contributed by atoms with Gasteiger partial charge in [0.15, 0.2) is 12.1 Å². The molecule has 1 fully saturated rings. The van der Waals surface area contributed by atoms with Crippen molar-refractivity contribution in [2.24, 2.45) is 5.73 Å². The van der Waals surface area contributed by atoms with Crippen LogP contribution in [-0.4, -0.2) is 69.2 Å². The van der Waals surface area contributed by atoms with Crippen molar-refractivity contribution in [3.05, 3.63) is 51.6 Å². The number of aliphatic hydroxyl groups is 2. The Balaban J connectivity index is 1.66. The summed E-state index contributed by atoms with van der Waals surface area (Å²) in [6, 6.07) is 3.95. The molecule has 10 nitrogen and oxygen atoms in total. The maximum absolute atomic E-state index is 13.6. The SMILES string of the molecule is CC[C@]1(O)Cc2c(O)c3c(c(O)c2[C@@H](O[C@@H]2C[C@H](N)[C@H](O)[C@@H](C)O2)C1)C(=O)c1c(OC)cccc1C3=O. The molecule has 0 amide bonds. The lowest BCUT2D eigenvalue weighted by atomic mass is 9.72. The molecular formula is C27H31NO9. The molecule has 37 heavy (non-hydrogen) atoms. The van der Waals surface area contributed by atoms with Gasteiger partial charge in [-0.2, -0.15) is 0 Å². The molecule has 2 aliphatic carbocycles. The molecule has 1 heterocycles. The summed E-state index contributed by atoms with van der Waals surface area (Å²) in [6.07, 6.45) is -2.93. The predicted molar refractivity (Wildman–Crippen MR) is 130 cm³/mol. The van der Waals surface area contributed by atoms with Gasteiger partial charge in [0, 0.05) is 42.0 Å². The zero-order valence-electron chi connectivity index (χ0n) is 20.9. The molecule has 0 bridgehead atoms. The van der Waals surface area contributed by atoms with Gasteiger partial charge < -0.3 is 40.4 Å². The molecular weight excluding hydrogens is 482 g/mol. The van der Waals surface area contributed by atoms with Crippen molar-refractivity contribution in [1.82, 2.24) is 0 Å². The van der Waals surface area contributed by atoms with E-state index >= 15 is 0 Å². The standard InChI is InChI=1S/C27H31NO9/c1-4-27(34)9-13-19(16(10-27)37-17-8-14(28)22(29)11(2)36-17)26(33)21-20(24(13)31)23(30)12-6-5-7-15(35-3)18(12)25(21)32/h5-7,11,14,16-17,22,29,31,33-34H,4,8-10,28H2,1-3H3/t11-,14+,16+,17-,22-,27+/m1/s1. The average Bonchev–Trinajstić information content (AvgIpc) is 2.87. The highest BCUT2D eigenvalue weighted by atomic mass is 16.7. The molecule has 0 unspecified atom stereocenters. The van der Waals surface area contributed by atoms with Gasteiger partial charge in [-0.3, -0.25) is 9.59 Å². The first-order chi connectivity index (χ1) is 17.5. The summed E-state index contributed by atoms with van der Waals surface area (Å²) < 4.78 is 17.3. The molecule has 3 aliphatic rings. The fourth-order valence-corrected chi connectivity index (χ4v) is 5.74. The second-order valence-corrected chi connectivity index (χ2v) is 10.1. The van der Waals surface area contributed by atoms with Gasteiger partial charge in [0.2, 0.25) is 5.78 Å². The van der Waals surface area contributed by atoms with Gasteiger partial charge in [-0.25, -0.2) is 0 Å². The van der Waals surface area contributed by atoms with Crippen LogP contribution < -0.4 is 10.5 Å². The number of ketones is 2. The monoisotopic (exact) mass is 513 g/mol. The number of phenolic OH excluding ortho intramolecular Hbond substituents is 2. The van der Waals surface area contributed by atoms with E-state index in [0.717, 1.165) is 0 Å². The smallest absolute Gasteiger partial charge is 0.202 e. The number of hydrogen-bond acceptors (Lipinski definition) is 10. The second-order valence-electron chi connectivity index (χ2n) is 10.1. The third-order valence-electron chi connectivity index (χ3n) is 7.88. The molecule has 0 spiro atoms. The van der Waals surface area contributed by atoms with E-state index in [9.17, 15) is 30.0 Å². The van der Waals surface area contributed by atoms with Crippen LogP contribution in [0.25, 0.3) is 0 Å². The molecule has 2 aromatic rings. The quantitative estimate of drug-likeness (QED) is 0.325. The predicted octanol–water partition coefficient (Wildman–Crippen LogP) is 1.85. The summed E-state index contributed by atoms with van der Waals surface area (Å²) in [5.74, 6) is -2.09. The van der Waals surface area contributed by atoms with Crippen molar-refractivity contribution in [3.63, 3.8) is 0 Å². The number of rotatable bonds is 4. The highest BCUT2D eigenvalue weighted by Gasteiger charge is 2.47. The summed E-state index contributed by atoms with van der Waals surface area (Å²) in [7, 11) is 1.37. The number of carbonyl (C=O) groups excluding carboxylic acids is 2. The molecule has 1 saturated heterocycles. The van der Waals surface area contributed by atoms with Crippen LogP contribution >= 0.6 is 0 Å². The lowest BCUT2D eigenvalue weighted by Gasteiger charge is -2.42. The summed E-state index contributed by atoms with van der Waals surface area (Å²) in [6.45, 7) is 3.44. The van der Waals surface area contributed by atoms with E-state index in [2.05, 4.69) is 0 Å². The summed E-state index contributed by atoms with van der Waals surface area (Å²) >= 11 is 0. The zero-order valence-corrected chi connectivity index (χ0v) is 20.9. The zero-order chi connectivity index (χ0) is 26.8. The van der Waals surface area contributed by atoms with E-state index in [1.165, 1.54) is 19.2 Å². The van der Waals surface area contributed by atoms with Gasteiger partial charge in [0.05, 0.1) is 47.7 Å². The van der Waals surface area contributed by atoms with E-state index in [-0.39, 0.29) is 58.4 Å². The van der Waals surface area contributed by atoms with Crippen LogP contribution in [0.3, 0.4) is 0 Å². The molecule has 10 heteroatoms. The lowest BCUT2D eigenvalue weighted by Crippen LogP contribution is -2.52. The number of aliphatic hydroxyl groups excluding tert-OH is 1. The topological polar surface area (TPSA) is 169 Å². The molecule has 0 radical (unpaired) electrons. The Bertz CT molecular complexity index is 1280. The Morgan fingerprint density at radius 1 is 1.14 bits per heavy atom. The molecule has 0 saturated carbocycles. The largest absolute Gasteiger partial charge is 0.507 e. The maximum atomic E-state index is 13.6. The average molecular weight is 514 g/mol. The number of nitrogens with two attached hydrogens (primary N) is 1. The Kier molecular flexibility index (Phi) is 6.28. The first-order valence-electron chi connectivity index (χ1n) is 12.3. The number of methoxy groups -OCH3 is 1. The molecule has 6 N–H and O–H groups in total. The van der Waals surface area contributed by atoms with E-state index in [0.29, 0.717) is 6.42 Å². The lowest BCUT2D eigenvalue weighted by molar-refractivity contribution is -0.247. The number of ether oxygens (including phenoxy) is 3. The Hall–Kier alpha value is -3.02. The van der Waals surface area contributed by atoms with E-state index in [1.807, 2.05) is 0 Å². The van der Waals surface area contributed by atoms with Crippen LogP contribution in [0.15, 0.2) is 18.2 Å².